The van der Waals surface area contributed by atoms with Crippen molar-refractivity contribution in [3.8, 4) is 5.75 Å². The summed E-state index contributed by atoms with van der Waals surface area (Å²) in [7, 11) is 1.66. The first-order valence-corrected chi connectivity index (χ1v) is 7.38. The molecule has 0 bridgehead atoms. The van der Waals surface area contributed by atoms with Crippen LogP contribution in [0.2, 0.25) is 0 Å². The molecule has 1 rings (SSSR count). The van der Waals surface area contributed by atoms with Gasteiger partial charge in [-0.1, -0.05) is 18.2 Å². The maximum Gasteiger partial charge on any atom is 0.124 e. The fraction of sp³-hybridized carbons (Fsp3) is 0.538. The summed E-state index contributed by atoms with van der Waals surface area (Å²) in [6.07, 6.45) is 3.07. The van der Waals surface area contributed by atoms with E-state index in [0.717, 1.165) is 23.5 Å². The first kappa shape index (κ1) is 15.3. The van der Waals surface area contributed by atoms with Crippen LogP contribution in [0.3, 0.4) is 0 Å². The van der Waals surface area contributed by atoms with E-state index in [1.54, 1.807) is 7.11 Å². The molecular formula is C13H22N2O2S. The predicted molar refractivity (Wildman–Crippen MR) is 76.9 cm³/mol. The second-order valence-corrected chi connectivity index (χ2v) is 4.87. The Morgan fingerprint density at radius 2 is 2.11 bits per heavy atom. The van der Waals surface area contributed by atoms with Crippen molar-refractivity contribution in [3.63, 3.8) is 0 Å². The minimum Gasteiger partial charge on any atom is -0.491 e. The third-order valence-corrected chi connectivity index (χ3v) is 3.30. The van der Waals surface area contributed by atoms with Gasteiger partial charge in [0.25, 0.3) is 0 Å². The molecular weight excluding hydrogens is 248 g/mol. The van der Waals surface area contributed by atoms with Crippen LogP contribution in [-0.2, 0) is 4.74 Å². The highest BCUT2D eigenvalue weighted by atomic mass is 32.2. The summed E-state index contributed by atoms with van der Waals surface area (Å²) < 4.78 is 10.7. The Bertz CT molecular complexity index is 337. The third-order valence-electron chi connectivity index (χ3n) is 2.65. The van der Waals surface area contributed by atoms with Gasteiger partial charge in [0.15, 0.2) is 0 Å². The van der Waals surface area contributed by atoms with Crippen LogP contribution in [0.1, 0.15) is 18.0 Å². The van der Waals surface area contributed by atoms with E-state index in [1.165, 1.54) is 0 Å². The molecule has 5 heteroatoms. The number of ether oxygens (including phenoxy) is 2. The standard InChI is InChI=1S/C13H22N2O2S/c1-16-8-9-17-13-6-4-3-5-11(13)12(15-14)7-10-18-2/h3-6,12,15H,7-10,14H2,1-2H3. The number of thioether (sulfide) groups is 1. The van der Waals surface area contributed by atoms with E-state index in [0.29, 0.717) is 13.2 Å². The van der Waals surface area contributed by atoms with Crippen LogP contribution < -0.4 is 16.0 Å². The van der Waals surface area contributed by atoms with Gasteiger partial charge >= 0.3 is 0 Å². The maximum atomic E-state index is 5.71. The van der Waals surface area contributed by atoms with Gasteiger partial charge in [0.1, 0.15) is 12.4 Å². The Labute approximate surface area is 113 Å². The fourth-order valence-corrected chi connectivity index (χ4v) is 2.17. The van der Waals surface area contributed by atoms with Crippen LogP contribution in [-0.4, -0.2) is 32.3 Å². The van der Waals surface area contributed by atoms with Crippen molar-refractivity contribution in [3.05, 3.63) is 29.8 Å². The van der Waals surface area contributed by atoms with Crippen LogP contribution in [0.25, 0.3) is 0 Å². The van der Waals surface area contributed by atoms with Crippen molar-refractivity contribution in [1.29, 1.82) is 0 Å². The number of hydrogen-bond donors (Lipinski definition) is 2. The molecule has 0 fully saturated rings. The lowest BCUT2D eigenvalue weighted by atomic mass is 10.0. The number of hydrazine groups is 1. The molecule has 0 heterocycles. The van der Waals surface area contributed by atoms with E-state index in [2.05, 4.69) is 11.7 Å². The first-order valence-electron chi connectivity index (χ1n) is 5.99. The predicted octanol–water partition coefficient (Wildman–Crippen LogP) is 1.97. The largest absolute Gasteiger partial charge is 0.491 e. The zero-order chi connectivity index (χ0) is 13.2. The average molecular weight is 270 g/mol. The molecule has 0 saturated heterocycles. The molecule has 102 valence electrons. The molecule has 0 radical (unpaired) electrons. The SMILES string of the molecule is COCCOc1ccccc1C(CCSC)NN. The molecule has 0 amide bonds. The number of hydrogen-bond acceptors (Lipinski definition) is 5. The summed E-state index contributed by atoms with van der Waals surface area (Å²) in [4.78, 5) is 0. The van der Waals surface area contributed by atoms with Crippen LogP contribution in [0.5, 0.6) is 5.75 Å². The number of methoxy groups -OCH3 is 1. The minimum atomic E-state index is 0.121. The van der Waals surface area contributed by atoms with Crippen molar-refractivity contribution in [2.24, 2.45) is 5.84 Å². The summed E-state index contributed by atoms with van der Waals surface area (Å²) in [5.41, 5.74) is 3.96. The molecule has 0 aromatic heterocycles. The number of para-hydroxylation sites is 1. The van der Waals surface area contributed by atoms with E-state index >= 15 is 0 Å². The van der Waals surface area contributed by atoms with Crippen molar-refractivity contribution in [2.45, 2.75) is 12.5 Å². The summed E-state index contributed by atoms with van der Waals surface area (Å²) in [5, 5.41) is 0. The van der Waals surface area contributed by atoms with E-state index in [9.17, 15) is 0 Å². The number of rotatable bonds is 9. The Hall–Kier alpha value is -0.750. The van der Waals surface area contributed by atoms with E-state index in [-0.39, 0.29) is 6.04 Å². The Balaban J connectivity index is 2.71. The van der Waals surface area contributed by atoms with Gasteiger partial charge in [-0.05, 0) is 24.5 Å². The quantitative estimate of drug-likeness (QED) is 0.408. The molecule has 1 aromatic carbocycles. The Morgan fingerprint density at radius 1 is 1.33 bits per heavy atom. The summed E-state index contributed by atoms with van der Waals surface area (Å²) in [6, 6.07) is 8.10. The van der Waals surface area contributed by atoms with E-state index in [4.69, 9.17) is 15.3 Å². The number of benzene rings is 1. The molecule has 0 aliphatic heterocycles. The molecule has 1 atom stereocenters. The van der Waals surface area contributed by atoms with Gasteiger partial charge in [-0.25, -0.2) is 0 Å². The summed E-state index contributed by atoms with van der Waals surface area (Å²) >= 11 is 1.81. The highest BCUT2D eigenvalue weighted by Crippen LogP contribution is 2.27. The second-order valence-electron chi connectivity index (χ2n) is 3.88. The van der Waals surface area contributed by atoms with E-state index in [1.807, 2.05) is 36.0 Å². The summed E-state index contributed by atoms with van der Waals surface area (Å²) in [6.45, 7) is 1.13. The highest BCUT2D eigenvalue weighted by Gasteiger charge is 2.14. The topological polar surface area (TPSA) is 56.5 Å². The van der Waals surface area contributed by atoms with E-state index < -0.39 is 0 Å². The van der Waals surface area contributed by atoms with Crippen LogP contribution >= 0.6 is 11.8 Å². The molecule has 1 aromatic rings. The van der Waals surface area contributed by atoms with Gasteiger partial charge < -0.3 is 9.47 Å². The molecule has 0 saturated carbocycles. The Kier molecular flexibility index (Phi) is 7.84. The number of nitrogens with one attached hydrogen (secondary N) is 1. The van der Waals surface area contributed by atoms with Crippen molar-refractivity contribution >= 4 is 11.8 Å². The lowest BCUT2D eigenvalue weighted by Crippen LogP contribution is -2.29. The van der Waals surface area contributed by atoms with Gasteiger partial charge in [-0.2, -0.15) is 11.8 Å². The normalized spacial score (nSPS) is 12.4. The summed E-state index contributed by atoms with van der Waals surface area (Å²) in [5.74, 6) is 7.56. The van der Waals surface area contributed by atoms with Crippen LogP contribution in [0.15, 0.2) is 24.3 Å². The minimum absolute atomic E-state index is 0.121. The van der Waals surface area contributed by atoms with Gasteiger partial charge in [0.2, 0.25) is 0 Å². The lowest BCUT2D eigenvalue weighted by Gasteiger charge is -2.19. The monoisotopic (exact) mass is 270 g/mol. The molecule has 0 aliphatic rings. The molecule has 3 N–H and O–H groups in total. The first-order chi connectivity index (χ1) is 8.83. The third kappa shape index (κ3) is 4.86. The Morgan fingerprint density at radius 3 is 2.78 bits per heavy atom. The molecule has 0 aliphatic carbocycles. The van der Waals surface area contributed by atoms with Gasteiger partial charge in [0.05, 0.1) is 12.6 Å². The fourth-order valence-electron chi connectivity index (χ4n) is 1.70. The smallest absolute Gasteiger partial charge is 0.124 e. The zero-order valence-electron chi connectivity index (χ0n) is 11.0. The zero-order valence-corrected chi connectivity index (χ0v) is 11.8. The molecule has 0 spiro atoms. The van der Waals surface area contributed by atoms with Crippen molar-refractivity contribution in [2.75, 3.05) is 32.3 Å². The van der Waals surface area contributed by atoms with Crippen molar-refractivity contribution < 1.29 is 9.47 Å². The van der Waals surface area contributed by atoms with Gasteiger partial charge in [0, 0.05) is 12.7 Å². The van der Waals surface area contributed by atoms with Crippen LogP contribution in [0.4, 0.5) is 0 Å². The number of nitrogens with two attached hydrogens (primary N) is 1. The highest BCUT2D eigenvalue weighted by molar-refractivity contribution is 7.98. The molecule has 1 unspecified atom stereocenters. The van der Waals surface area contributed by atoms with Gasteiger partial charge in [-0.3, -0.25) is 11.3 Å². The van der Waals surface area contributed by atoms with Gasteiger partial charge in [-0.15, -0.1) is 0 Å². The van der Waals surface area contributed by atoms with Crippen molar-refractivity contribution in [1.82, 2.24) is 5.43 Å². The second kappa shape index (κ2) is 9.22. The lowest BCUT2D eigenvalue weighted by molar-refractivity contribution is 0.145. The molecule has 4 nitrogen and oxygen atoms in total. The average Bonchev–Trinajstić information content (AvgIpc) is 2.41. The molecule has 18 heavy (non-hydrogen) atoms. The maximum absolute atomic E-state index is 5.71. The van der Waals surface area contributed by atoms with Crippen LogP contribution in [0, 0.1) is 0 Å².